The van der Waals surface area contributed by atoms with Gasteiger partial charge in [0.05, 0.1) is 0 Å². The van der Waals surface area contributed by atoms with Gasteiger partial charge in [-0.2, -0.15) is 4.98 Å². The molecule has 1 aromatic carbocycles. The van der Waals surface area contributed by atoms with E-state index in [-0.39, 0.29) is 11.7 Å². The SMILES string of the molecule is CNCC1CCN(C(=O)CCc2nc(-c3ccc(F)c(C)c3)no2)CC1. The maximum atomic E-state index is 13.4. The van der Waals surface area contributed by atoms with E-state index >= 15 is 0 Å². The summed E-state index contributed by atoms with van der Waals surface area (Å²) in [5.74, 6) is 1.37. The molecule has 2 heterocycles. The highest BCUT2D eigenvalue weighted by molar-refractivity contribution is 5.76. The first kappa shape index (κ1) is 18.5. The predicted octanol–water partition coefficient (Wildman–Crippen LogP) is 2.57. The minimum absolute atomic E-state index is 0.130. The molecule has 0 spiro atoms. The van der Waals surface area contributed by atoms with Gasteiger partial charge in [0, 0.05) is 31.5 Å². The largest absolute Gasteiger partial charge is 0.343 e. The Morgan fingerprint density at radius 2 is 2.15 bits per heavy atom. The topological polar surface area (TPSA) is 71.3 Å². The number of benzene rings is 1. The molecule has 0 radical (unpaired) electrons. The van der Waals surface area contributed by atoms with Gasteiger partial charge in [-0.3, -0.25) is 4.79 Å². The van der Waals surface area contributed by atoms with E-state index in [2.05, 4.69) is 15.5 Å². The lowest BCUT2D eigenvalue weighted by Crippen LogP contribution is -2.40. The van der Waals surface area contributed by atoms with Crippen molar-refractivity contribution in [2.45, 2.75) is 32.6 Å². The summed E-state index contributed by atoms with van der Waals surface area (Å²) in [6, 6.07) is 4.70. The van der Waals surface area contributed by atoms with Crippen LogP contribution in [-0.2, 0) is 11.2 Å². The van der Waals surface area contributed by atoms with E-state index in [1.807, 2.05) is 11.9 Å². The molecule has 1 amide bonds. The summed E-state index contributed by atoms with van der Waals surface area (Å²) < 4.78 is 18.6. The molecular weight excluding hydrogens is 335 g/mol. The fourth-order valence-corrected chi connectivity index (χ4v) is 3.30. The first-order chi connectivity index (χ1) is 12.6. The Kier molecular flexibility index (Phi) is 5.98. The first-order valence-corrected chi connectivity index (χ1v) is 9.08. The van der Waals surface area contributed by atoms with Crippen molar-refractivity contribution in [1.29, 1.82) is 0 Å². The molecule has 6 nitrogen and oxygen atoms in total. The lowest BCUT2D eigenvalue weighted by atomic mass is 9.96. The molecule has 1 fully saturated rings. The van der Waals surface area contributed by atoms with E-state index in [1.165, 1.54) is 6.07 Å². The second-order valence-corrected chi connectivity index (χ2v) is 6.86. The highest BCUT2D eigenvalue weighted by Gasteiger charge is 2.22. The Balaban J connectivity index is 1.52. The number of hydrogen-bond acceptors (Lipinski definition) is 5. The van der Waals surface area contributed by atoms with Crippen LogP contribution < -0.4 is 5.32 Å². The molecule has 0 aliphatic carbocycles. The van der Waals surface area contributed by atoms with E-state index in [4.69, 9.17) is 4.52 Å². The maximum absolute atomic E-state index is 13.4. The van der Waals surface area contributed by atoms with Gasteiger partial charge in [0.25, 0.3) is 0 Å². The van der Waals surface area contributed by atoms with Crippen LogP contribution in [0.25, 0.3) is 11.4 Å². The number of nitrogens with zero attached hydrogens (tertiary/aromatic N) is 3. The third-order valence-electron chi connectivity index (χ3n) is 4.90. The summed E-state index contributed by atoms with van der Waals surface area (Å²) in [5.41, 5.74) is 1.24. The number of amides is 1. The molecule has 1 N–H and O–H groups in total. The minimum Gasteiger partial charge on any atom is -0.343 e. The number of aryl methyl sites for hydroxylation is 2. The van der Waals surface area contributed by atoms with Crippen molar-refractivity contribution in [3.8, 4) is 11.4 Å². The molecule has 1 aliphatic rings. The quantitative estimate of drug-likeness (QED) is 0.857. The zero-order valence-corrected chi connectivity index (χ0v) is 15.3. The average molecular weight is 360 g/mol. The van der Waals surface area contributed by atoms with Crippen molar-refractivity contribution in [2.24, 2.45) is 5.92 Å². The van der Waals surface area contributed by atoms with Crippen LogP contribution in [0.4, 0.5) is 4.39 Å². The number of nitrogens with one attached hydrogen (secondary N) is 1. The van der Waals surface area contributed by atoms with Crippen LogP contribution in [0.15, 0.2) is 22.7 Å². The molecule has 7 heteroatoms. The van der Waals surface area contributed by atoms with Crippen molar-refractivity contribution in [3.05, 3.63) is 35.5 Å². The summed E-state index contributed by atoms with van der Waals surface area (Å²) in [5, 5.41) is 7.14. The highest BCUT2D eigenvalue weighted by atomic mass is 19.1. The van der Waals surface area contributed by atoms with Crippen molar-refractivity contribution in [3.63, 3.8) is 0 Å². The van der Waals surface area contributed by atoms with Crippen molar-refractivity contribution in [1.82, 2.24) is 20.4 Å². The van der Waals surface area contributed by atoms with E-state index in [1.54, 1.807) is 19.1 Å². The molecule has 0 bridgehead atoms. The molecule has 2 aromatic rings. The fraction of sp³-hybridized carbons (Fsp3) is 0.526. The maximum Gasteiger partial charge on any atom is 0.227 e. The van der Waals surface area contributed by atoms with Gasteiger partial charge in [-0.25, -0.2) is 4.39 Å². The summed E-state index contributed by atoms with van der Waals surface area (Å²) in [7, 11) is 1.96. The van der Waals surface area contributed by atoms with Crippen LogP contribution in [0, 0.1) is 18.7 Å². The van der Waals surface area contributed by atoms with Gasteiger partial charge in [-0.15, -0.1) is 0 Å². The number of halogens is 1. The van der Waals surface area contributed by atoms with E-state index in [0.717, 1.165) is 32.5 Å². The Bertz CT molecular complexity index is 754. The zero-order chi connectivity index (χ0) is 18.5. The normalized spacial score (nSPS) is 15.4. The molecule has 140 valence electrons. The molecule has 1 aliphatic heterocycles. The predicted molar refractivity (Wildman–Crippen MR) is 96.0 cm³/mol. The van der Waals surface area contributed by atoms with Crippen LogP contribution in [0.1, 0.15) is 30.7 Å². The van der Waals surface area contributed by atoms with Crippen molar-refractivity contribution in [2.75, 3.05) is 26.7 Å². The first-order valence-electron chi connectivity index (χ1n) is 9.08. The molecular formula is C19H25FN4O2. The lowest BCUT2D eigenvalue weighted by molar-refractivity contribution is -0.132. The van der Waals surface area contributed by atoms with Crippen LogP contribution in [0.5, 0.6) is 0 Å². The minimum atomic E-state index is -0.262. The second kappa shape index (κ2) is 8.40. The molecule has 3 rings (SSSR count). The van der Waals surface area contributed by atoms with Crippen LogP contribution in [-0.4, -0.2) is 47.6 Å². The third-order valence-corrected chi connectivity index (χ3v) is 4.90. The molecule has 26 heavy (non-hydrogen) atoms. The number of hydrogen-bond donors (Lipinski definition) is 1. The van der Waals surface area contributed by atoms with Gasteiger partial charge in [0.15, 0.2) is 0 Å². The Morgan fingerprint density at radius 1 is 1.38 bits per heavy atom. The summed E-state index contributed by atoms with van der Waals surface area (Å²) in [6.45, 7) is 4.33. The summed E-state index contributed by atoms with van der Waals surface area (Å²) >= 11 is 0. The molecule has 0 unspecified atom stereocenters. The van der Waals surface area contributed by atoms with Gasteiger partial charge in [0.1, 0.15) is 5.82 Å². The van der Waals surface area contributed by atoms with Crippen LogP contribution in [0.2, 0.25) is 0 Å². The molecule has 1 aromatic heterocycles. The van der Waals surface area contributed by atoms with Gasteiger partial charge >= 0.3 is 0 Å². The molecule has 0 saturated carbocycles. The average Bonchev–Trinajstić information content (AvgIpc) is 3.12. The zero-order valence-electron chi connectivity index (χ0n) is 15.3. The second-order valence-electron chi connectivity index (χ2n) is 6.86. The van der Waals surface area contributed by atoms with Gasteiger partial charge in [-0.1, -0.05) is 5.16 Å². The number of likely N-dealkylation sites (tertiary alicyclic amines) is 1. The van der Waals surface area contributed by atoms with Crippen LogP contribution >= 0.6 is 0 Å². The van der Waals surface area contributed by atoms with Crippen LogP contribution in [0.3, 0.4) is 0 Å². The Labute approximate surface area is 152 Å². The summed E-state index contributed by atoms with van der Waals surface area (Å²) in [6.07, 6.45) is 2.87. The number of piperidine rings is 1. The Hall–Kier alpha value is -2.28. The molecule has 0 atom stereocenters. The van der Waals surface area contributed by atoms with E-state index < -0.39 is 0 Å². The standard InChI is InChI=1S/C19H25FN4O2/c1-13-11-15(3-4-16(13)20)19-22-17(26-23-19)5-6-18(25)24-9-7-14(8-10-24)12-21-2/h3-4,11,14,21H,5-10,12H2,1-2H3. The number of aromatic nitrogens is 2. The van der Waals surface area contributed by atoms with Gasteiger partial charge < -0.3 is 14.7 Å². The number of carbonyl (C=O) groups excluding carboxylic acids is 1. The lowest BCUT2D eigenvalue weighted by Gasteiger charge is -2.31. The third kappa shape index (κ3) is 4.46. The van der Waals surface area contributed by atoms with Gasteiger partial charge in [0.2, 0.25) is 17.6 Å². The van der Waals surface area contributed by atoms with Crippen molar-refractivity contribution >= 4 is 5.91 Å². The van der Waals surface area contributed by atoms with Crippen molar-refractivity contribution < 1.29 is 13.7 Å². The smallest absolute Gasteiger partial charge is 0.227 e. The highest BCUT2D eigenvalue weighted by Crippen LogP contribution is 2.20. The number of carbonyl (C=O) groups is 1. The Morgan fingerprint density at radius 3 is 2.85 bits per heavy atom. The summed E-state index contributed by atoms with van der Waals surface area (Å²) in [4.78, 5) is 18.6. The van der Waals surface area contributed by atoms with E-state index in [9.17, 15) is 9.18 Å². The monoisotopic (exact) mass is 360 g/mol. The number of rotatable bonds is 6. The fourth-order valence-electron chi connectivity index (χ4n) is 3.30. The van der Waals surface area contributed by atoms with Gasteiger partial charge in [-0.05, 0) is 63.0 Å². The molecule has 1 saturated heterocycles. The van der Waals surface area contributed by atoms with E-state index in [0.29, 0.717) is 41.6 Å².